The van der Waals surface area contributed by atoms with Crippen LogP contribution in [0.4, 0.5) is 0 Å². The molecule has 3 aliphatic rings. The average Bonchev–Trinajstić information content (AvgIpc) is 3.28. The lowest BCUT2D eigenvalue weighted by atomic mass is 10.0. The molecule has 0 aromatic heterocycles. The molecule has 2 heterocycles. The van der Waals surface area contributed by atoms with Gasteiger partial charge in [-0.1, -0.05) is 12.8 Å². The molecule has 3 fully saturated rings. The average molecular weight is 468 g/mol. The summed E-state index contributed by atoms with van der Waals surface area (Å²) in [6.07, 6.45) is 7.77. The van der Waals surface area contributed by atoms with Gasteiger partial charge in [-0.25, -0.2) is 0 Å². The van der Waals surface area contributed by atoms with Crippen LogP contribution in [0.1, 0.15) is 38.5 Å². The Hall–Kier alpha value is 0.270. The molecule has 0 spiro atoms. The van der Waals surface area contributed by atoms with Crippen LogP contribution in [0.2, 0.25) is 0 Å². The molecule has 0 aromatic rings. The summed E-state index contributed by atoms with van der Waals surface area (Å²) in [7, 11) is 1.81. The predicted octanol–water partition coefficient (Wildman–Crippen LogP) is 1.90. The third-order valence-electron chi connectivity index (χ3n) is 5.50. The summed E-state index contributed by atoms with van der Waals surface area (Å²) in [6, 6.07) is 0.482. The van der Waals surface area contributed by atoms with E-state index in [1.165, 1.54) is 45.2 Å². The summed E-state index contributed by atoms with van der Waals surface area (Å²) >= 11 is 1.83. The smallest absolute Gasteiger partial charge is 0.191 e. The maximum absolute atomic E-state index is 10.4. The van der Waals surface area contributed by atoms with Crippen molar-refractivity contribution in [3.8, 4) is 0 Å². The first-order valence-electron chi connectivity index (χ1n) is 9.16. The standard InChI is InChI=1S/C17H32N4OS.HI/c1-18-16(19-12-17(22)7-9-23-13-17)20-15-6-8-21(11-15)10-14-4-2-3-5-14;/h14-15,22H,2-13H2,1H3,(H2,18,19,20);1H. The molecule has 5 nitrogen and oxygen atoms in total. The van der Waals surface area contributed by atoms with E-state index in [0.717, 1.165) is 36.3 Å². The van der Waals surface area contributed by atoms with E-state index in [2.05, 4.69) is 20.5 Å². The summed E-state index contributed by atoms with van der Waals surface area (Å²) < 4.78 is 0. The van der Waals surface area contributed by atoms with Crippen molar-refractivity contribution in [1.29, 1.82) is 0 Å². The molecule has 1 saturated carbocycles. The van der Waals surface area contributed by atoms with Gasteiger partial charge in [0.25, 0.3) is 0 Å². The Morgan fingerprint density at radius 1 is 1.33 bits per heavy atom. The van der Waals surface area contributed by atoms with Gasteiger partial charge in [-0.05, 0) is 37.4 Å². The van der Waals surface area contributed by atoms with E-state index in [1.54, 1.807) is 0 Å². The molecule has 2 atom stereocenters. The summed E-state index contributed by atoms with van der Waals surface area (Å²) in [5.74, 6) is 3.65. The monoisotopic (exact) mass is 468 g/mol. The van der Waals surface area contributed by atoms with Crippen LogP contribution in [0.15, 0.2) is 4.99 Å². The maximum Gasteiger partial charge on any atom is 0.191 e. The highest BCUT2D eigenvalue weighted by atomic mass is 127. The summed E-state index contributed by atoms with van der Waals surface area (Å²) in [4.78, 5) is 6.94. The molecule has 0 amide bonds. The molecule has 0 bridgehead atoms. The van der Waals surface area contributed by atoms with E-state index in [9.17, 15) is 5.11 Å². The molecule has 140 valence electrons. The highest BCUT2D eigenvalue weighted by Gasteiger charge is 2.32. The molecule has 24 heavy (non-hydrogen) atoms. The van der Waals surface area contributed by atoms with Crippen molar-refractivity contribution in [2.24, 2.45) is 10.9 Å². The van der Waals surface area contributed by atoms with Gasteiger partial charge < -0.3 is 20.6 Å². The maximum atomic E-state index is 10.4. The molecule has 0 radical (unpaired) electrons. The largest absolute Gasteiger partial charge is 0.387 e. The fourth-order valence-electron chi connectivity index (χ4n) is 4.05. The van der Waals surface area contributed by atoms with Crippen molar-refractivity contribution in [3.05, 3.63) is 0 Å². The second kappa shape index (κ2) is 9.83. The summed E-state index contributed by atoms with van der Waals surface area (Å²) in [6.45, 7) is 4.20. The minimum atomic E-state index is -0.563. The Labute approximate surface area is 167 Å². The molecular weight excluding hydrogens is 435 g/mol. The minimum absolute atomic E-state index is 0. The fourth-order valence-corrected chi connectivity index (χ4v) is 5.34. The van der Waals surface area contributed by atoms with Gasteiger partial charge >= 0.3 is 0 Å². The number of thioether (sulfide) groups is 1. The minimum Gasteiger partial charge on any atom is -0.387 e. The van der Waals surface area contributed by atoms with Crippen LogP contribution in [0.25, 0.3) is 0 Å². The van der Waals surface area contributed by atoms with Gasteiger partial charge in [0.15, 0.2) is 5.96 Å². The van der Waals surface area contributed by atoms with Crippen molar-refractivity contribution >= 4 is 41.7 Å². The van der Waals surface area contributed by atoms with E-state index in [0.29, 0.717) is 12.6 Å². The van der Waals surface area contributed by atoms with Gasteiger partial charge in [-0.2, -0.15) is 11.8 Å². The Balaban J connectivity index is 0.00000208. The lowest BCUT2D eigenvalue weighted by Gasteiger charge is -2.25. The topological polar surface area (TPSA) is 59.9 Å². The number of nitrogens with zero attached hydrogens (tertiary/aromatic N) is 2. The lowest BCUT2D eigenvalue weighted by molar-refractivity contribution is 0.0724. The Kier molecular flexibility index (Phi) is 8.43. The van der Waals surface area contributed by atoms with Crippen LogP contribution < -0.4 is 10.6 Å². The summed E-state index contributed by atoms with van der Waals surface area (Å²) in [5.41, 5.74) is -0.563. The predicted molar refractivity (Wildman–Crippen MR) is 114 cm³/mol. The van der Waals surface area contributed by atoms with E-state index < -0.39 is 5.60 Å². The normalized spacial score (nSPS) is 32.1. The van der Waals surface area contributed by atoms with Gasteiger partial charge in [0, 0.05) is 45.0 Å². The number of hydrogen-bond acceptors (Lipinski definition) is 4. The molecule has 2 saturated heterocycles. The molecule has 0 aromatic carbocycles. The fraction of sp³-hybridized carbons (Fsp3) is 0.941. The van der Waals surface area contributed by atoms with Crippen LogP contribution >= 0.6 is 35.7 Å². The quantitative estimate of drug-likeness (QED) is 0.327. The van der Waals surface area contributed by atoms with Crippen LogP contribution in [0.5, 0.6) is 0 Å². The van der Waals surface area contributed by atoms with Gasteiger partial charge in [0.1, 0.15) is 0 Å². The van der Waals surface area contributed by atoms with Gasteiger partial charge in [0.05, 0.1) is 5.60 Å². The highest BCUT2D eigenvalue weighted by Crippen LogP contribution is 2.27. The number of halogens is 1. The zero-order chi connectivity index (χ0) is 16.1. The van der Waals surface area contributed by atoms with Crippen LogP contribution in [0, 0.1) is 5.92 Å². The third-order valence-corrected chi connectivity index (χ3v) is 6.73. The van der Waals surface area contributed by atoms with E-state index in [-0.39, 0.29) is 24.0 Å². The molecule has 2 unspecified atom stereocenters. The molecule has 3 N–H and O–H groups in total. The molecule has 2 aliphatic heterocycles. The van der Waals surface area contributed by atoms with E-state index in [4.69, 9.17) is 0 Å². The number of aliphatic imine (C=N–C) groups is 1. The second-order valence-electron chi connectivity index (χ2n) is 7.49. The van der Waals surface area contributed by atoms with Gasteiger partial charge in [-0.15, -0.1) is 24.0 Å². The number of guanidine groups is 1. The van der Waals surface area contributed by atoms with Gasteiger partial charge in [-0.3, -0.25) is 4.99 Å². The van der Waals surface area contributed by atoms with Crippen molar-refractivity contribution in [2.75, 3.05) is 44.7 Å². The summed E-state index contributed by atoms with van der Waals surface area (Å²) in [5, 5.41) is 17.3. The lowest BCUT2D eigenvalue weighted by Crippen LogP contribution is -2.50. The molecule has 1 aliphatic carbocycles. The molecule has 3 rings (SSSR count). The number of rotatable bonds is 5. The van der Waals surface area contributed by atoms with Crippen molar-refractivity contribution in [3.63, 3.8) is 0 Å². The van der Waals surface area contributed by atoms with Crippen molar-refractivity contribution < 1.29 is 5.11 Å². The highest BCUT2D eigenvalue weighted by molar-refractivity contribution is 14.0. The first-order valence-corrected chi connectivity index (χ1v) is 10.3. The molecule has 7 heteroatoms. The number of hydrogen-bond donors (Lipinski definition) is 3. The number of aliphatic hydroxyl groups is 1. The Bertz CT molecular complexity index is 411. The second-order valence-corrected chi connectivity index (χ2v) is 8.60. The van der Waals surface area contributed by atoms with E-state index in [1.807, 2.05) is 18.8 Å². The Morgan fingerprint density at radius 2 is 2.12 bits per heavy atom. The molecular formula is C17H33IN4OS. The zero-order valence-corrected chi connectivity index (χ0v) is 17.9. The van der Waals surface area contributed by atoms with Crippen LogP contribution in [-0.4, -0.2) is 72.3 Å². The van der Waals surface area contributed by atoms with Crippen LogP contribution in [0.3, 0.4) is 0 Å². The van der Waals surface area contributed by atoms with Crippen molar-refractivity contribution in [1.82, 2.24) is 15.5 Å². The third kappa shape index (κ3) is 5.92. The number of nitrogens with one attached hydrogen (secondary N) is 2. The van der Waals surface area contributed by atoms with Crippen molar-refractivity contribution in [2.45, 2.75) is 50.2 Å². The zero-order valence-electron chi connectivity index (χ0n) is 14.8. The van der Waals surface area contributed by atoms with Gasteiger partial charge in [0.2, 0.25) is 0 Å². The first-order chi connectivity index (χ1) is 11.2. The Morgan fingerprint density at radius 3 is 2.79 bits per heavy atom. The SMILES string of the molecule is CN=C(NCC1(O)CCSC1)NC1CCN(CC2CCCC2)C1.I. The first kappa shape index (κ1) is 20.6. The van der Waals surface area contributed by atoms with E-state index >= 15 is 0 Å². The number of likely N-dealkylation sites (tertiary alicyclic amines) is 1. The van der Waals surface area contributed by atoms with Crippen LogP contribution in [-0.2, 0) is 0 Å².